The average Bonchev–Trinajstić information content (AvgIpc) is 2.69. The molecule has 0 saturated heterocycles. The Balaban J connectivity index is 2.28. The number of amides is 1. The van der Waals surface area contributed by atoms with E-state index < -0.39 is 25.7 Å². The number of hydrogen-bond acceptors (Lipinski definition) is 6. The van der Waals surface area contributed by atoms with Gasteiger partial charge < -0.3 is 19.9 Å². The van der Waals surface area contributed by atoms with Crippen molar-refractivity contribution in [2.75, 3.05) is 13.3 Å². The number of esters is 1. The Morgan fingerprint density at radius 3 is 2.31 bits per heavy atom. The lowest BCUT2D eigenvalue weighted by atomic mass is 10.0. The van der Waals surface area contributed by atoms with E-state index in [0.717, 1.165) is 5.56 Å². The Morgan fingerprint density at radius 2 is 1.78 bits per heavy atom. The van der Waals surface area contributed by atoms with Crippen molar-refractivity contribution in [1.82, 2.24) is 5.32 Å². The normalized spacial score (nSPS) is 12.3. The summed E-state index contributed by atoms with van der Waals surface area (Å²) < 4.78 is 23.8. The molecule has 172 valence electrons. The number of phenolic OH excluding ortho intramolecular Hbond substituents is 1. The smallest absolute Gasteiger partial charge is 0.340 e. The summed E-state index contributed by atoms with van der Waals surface area (Å²) >= 11 is 6.91. The van der Waals surface area contributed by atoms with E-state index in [4.69, 9.17) is 9.47 Å². The molecule has 0 aromatic heterocycles. The first-order chi connectivity index (χ1) is 15.0. The Kier molecular flexibility index (Phi) is 9.67. The number of carbonyl (C=O) groups is 2. The molecule has 0 bridgehead atoms. The van der Waals surface area contributed by atoms with Crippen molar-refractivity contribution >= 4 is 51.5 Å². The monoisotopic (exact) mass is 588 g/mol. The number of rotatable bonds is 9. The maximum absolute atomic E-state index is 12.8. The van der Waals surface area contributed by atoms with Gasteiger partial charge in [-0.2, -0.15) is 0 Å². The Labute approximate surface area is 204 Å². The Bertz CT molecular complexity index is 1000. The summed E-state index contributed by atoms with van der Waals surface area (Å²) in [6, 6.07) is 7.04. The van der Waals surface area contributed by atoms with Crippen molar-refractivity contribution in [3.63, 3.8) is 0 Å². The highest BCUT2D eigenvalue weighted by atomic mass is 79.9. The van der Waals surface area contributed by atoms with Crippen molar-refractivity contribution < 1.29 is 28.7 Å². The first kappa shape index (κ1) is 26.3. The number of hydrogen-bond donors (Lipinski definition) is 2. The Morgan fingerprint density at radius 1 is 1.16 bits per heavy atom. The van der Waals surface area contributed by atoms with Gasteiger partial charge in [-0.1, -0.05) is 18.4 Å². The molecule has 0 spiro atoms. The molecule has 2 atom stereocenters. The van der Waals surface area contributed by atoms with E-state index >= 15 is 0 Å². The van der Waals surface area contributed by atoms with Crippen molar-refractivity contribution in [2.24, 2.45) is 5.92 Å². The van der Waals surface area contributed by atoms with Gasteiger partial charge in [0.1, 0.15) is 24.2 Å². The quantitative estimate of drug-likeness (QED) is 0.275. The van der Waals surface area contributed by atoms with Crippen LogP contribution >= 0.6 is 39.7 Å². The zero-order valence-electron chi connectivity index (χ0n) is 18.1. The molecule has 2 aromatic carbocycles. The van der Waals surface area contributed by atoms with Crippen molar-refractivity contribution in [2.45, 2.75) is 33.0 Å². The molecule has 0 saturated carbocycles. The Hall–Kier alpha value is -1.96. The molecule has 7 nitrogen and oxygen atoms in total. The second kappa shape index (κ2) is 11.8. The summed E-state index contributed by atoms with van der Waals surface area (Å²) in [5.41, 5.74) is 0.841. The van der Waals surface area contributed by atoms with Gasteiger partial charge in [-0.15, -0.1) is 0 Å². The van der Waals surface area contributed by atoms with Crippen LogP contribution in [0.3, 0.4) is 0 Å². The van der Waals surface area contributed by atoms with Crippen LogP contribution in [0.4, 0.5) is 0 Å². The lowest BCUT2D eigenvalue weighted by Crippen LogP contribution is -2.45. The largest absolute Gasteiger partial charge is 0.507 e. The first-order valence-electron chi connectivity index (χ1n) is 9.88. The summed E-state index contributed by atoms with van der Waals surface area (Å²) in [6.45, 7) is 7.12. The van der Waals surface area contributed by atoms with Gasteiger partial charge in [0.15, 0.2) is 11.9 Å². The van der Waals surface area contributed by atoms with Gasteiger partial charge in [-0.05, 0) is 75.0 Å². The molecule has 0 aliphatic carbocycles. The second-order valence-corrected chi connectivity index (χ2v) is 10.7. The fourth-order valence-electron chi connectivity index (χ4n) is 2.89. The summed E-state index contributed by atoms with van der Waals surface area (Å²) in [7, 11) is -1.33. The molecular weight excluding hydrogens is 565 g/mol. The highest BCUT2D eigenvalue weighted by Gasteiger charge is 2.27. The van der Waals surface area contributed by atoms with Crippen molar-refractivity contribution in [1.29, 1.82) is 0 Å². The number of ether oxygens (including phenoxy) is 2. The highest BCUT2D eigenvalue weighted by Crippen LogP contribution is 2.40. The van der Waals surface area contributed by atoms with E-state index in [-0.39, 0.29) is 23.8 Å². The molecule has 0 aliphatic heterocycles. The third kappa shape index (κ3) is 7.02. The first-order valence-corrected chi connectivity index (χ1v) is 13.4. The fraction of sp³-hybridized carbons (Fsp3) is 0.364. The van der Waals surface area contributed by atoms with E-state index in [0.29, 0.717) is 26.6 Å². The number of carbonyl (C=O) groups excluding carboxylic acids is 2. The van der Waals surface area contributed by atoms with Crippen LogP contribution in [0.25, 0.3) is 0 Å². The molecule has 0 aliphatic rings. The molecule has 2 aromatic rings. The molecule has 2 rings (SSSR count). The molecule has 1 amide bonds. The van der Waals surface area contributed by atoms with Crippen LogP contribution in [-0.4, -0.2) is 36.3 Å². The van der Waals surface area contributed by atoms with E-state index in [1.54, 1.807) is 27.4 Å². The topological polar surface area (TPSA) is 102 Å². The van der Waals surface area contributed by atoms with Crippen LogP contribution in [0.15, 0.2) is 39.3 Å². The standard InChI is InChI=1S/C22H24Br2NO6P/c1-5-30-22(28)19(12(2)3)25-21(27)15-10-14(6-7-18(15)26)31-20-16(23)8-13(9-17(20)24)11-32(4)29/h6-10,12,19H,5,11H2,1-4H3,(H-,25,26,27)/p+1. The summed E-state index contributed by atoms with van der Waals surface area (Å²) in [4.78, 5) is 25.0. The lowest BCUT2D eigenvalue weighted by Gasteiger charge is -2.21. The van der Waals surface area contributed by atoms with E-state index in [2.05, 4.69) is 37.2 Å². The van der Waals surface area contributed by atoms with Gasteiger partial charge in [-0.25, -0.2) is 4.79 Å². The van der Waals surface area contributed by atoms with Crippen LogP contribution in [0.1, 0.15) is 36.7 Å². The number of benzene rings is 2. The molecule has 10 heteroatoms. The average molecular weight is 590 g/mol. The van der Waals surface area contributed by atoms with E-state index in [1.807, 2.05) is 12.1 Å². The van der Waals surface area contributed by atoms with Crippen LogP contribution in [-0.2, 0) is 20.3 Å². The minimum absolute atomic E-state index is 0.0377. The van der Waals surface area contributed by atoms with Gasteiger partial charge in [0, 0.05) is 5.56 Å². The molecule has 2 unspecified atom stereocenters. The summed E-state index contributed by atoms with van der Waals surface area (Å²) in [5.74, 6) is -0.848. The molecule has 32 heavy (non-hydrogen) atoms. The molecular formula is C22H25Br2NO6P+. The zero-order chi connectivity index (χ0) is 24.0. The van der Waals surface area contributed by atoms with Crippen LogP contribution < -0.4 is 10.1 Å². The zero-order valence-corrected chi connectivity index (χ0v) is 22.2. The van der Waals surface area contributed by atoms with Gasteiger partial charge in [0.05, 0.1) is 21.1 Å². The van der Waals surface area contributed by atoms with Crippen LogP contribution in [0, 0.1) is 5.92 Å². The SMILES string of the molecule is CCOC(=O)C(NC(=O)c1cc(Oc2c(Br)cc(C[P+](C)=O)cc2Br)ccc1O)C(C)C. The van der Waals surface area contributed by atoms with Gasteiger partial charge in [0.2, 0.25) is 0 Å². The molecule has 0 radical (unpaired) electrons. The maximum Gasteiger partial charge on any atom is 0.340 e. The molecule has 0 heterocycles. The molecule has 0 fully saturated rings. The number of nitrogens with one attached hydrogen (secondary N) is 1. The minimum Gasteiger partial charge on any atom is -0.507 e. The highest BCUT2D eigenvalue weighted by molar-refractivity contribution is 9.11. The number of halogens is 2. The van der Waals surface area contributed by atoms with Crippen LogP contribution in [0.5, 0.6) is 17.2 Å². The van der Waals surface area contributed by atoms with E-state index in [9.17, 15) is 19.3 Å². The number of aromatic hydroxyl groups is 1. The van der Waals surface area contributed by atoms with Gasteiger partial charge >= 0.3 is 13.8 Å². The predicted octanol–water partition coefficient (Wildman–Crippen LogP) is 5.98. The van der Waals surface area contributed by atoms with Crippen molar-refractivity contribution in [3.8, 4) is 17.2 Å². The van der Waals surface area contributed by atoms with Gasteiger partial charge in [0.25, 0.3) is 5.91 Å². The van der Waals surface area contributed by atoms with Crippen molar-refractivity contribution in [3.05, 3.63) is 50.4 Å². The van der Waals surface area contributed by atoms with E-state index in [1.165, 1.54) is 18.2 Å². The summed E-state index contributed by atoms with van der Waals surface area (Å²) in [5, 5.41) is 12.8. The van der Waals surface area contributed by atoms with Crippen LogP contribution in [0.2, 0.25) is 0 Å². The summed E-state index contributed by atoms with van der Waals surface area (Å²) in [6.07, 6.45) is 0.438. The second-order valence-electron chi connectivity index (χ2n) is 7.40. The molecule has 2 N–H and O–H groups in total. The maximum atomic E-state index is 12.8. The minimum atomic E-state index is -1.33. The third-order valence-corrected chi connectivity index (χ3v) is 6.38. The lowest BCUT2D eigenvalue weighted by molar-refractivity contribution is -0.146. The third-order valence-electron chi connectivity index (χ3n) is 4.39. The van der Waals surface area contributed by atoms with Gasteiger partial charge in [-0.3, -0.25) is 4.79 Å². The number of phenols is 1. The fourth-order valence-corrected chi connectivity index (χ4v) is 5.03. The predicted molar refractivity (Wildman–Crippen MR) is 130 cm³/mol.